The van der Waals surface area contributed by atoms with Gasteiger partial charge in [0.15, 0.2) is 0 Å². The standard InChI is InChI=1S/C33H26FN3O6S2/c1-15-4-2-3-5-16(15)14-43-23-11-10-19(37(41)42)12-20(23)24-25-21-13-22(28(25)44-30-29(24)45-33(40)35-30)27-26(21)31(38)36(32(27)39)18-8-6-17(34)7-9-18/h2-12,21-22,24-28H,13-14H2,1H3,(H,35,40)/t21?,22?,24-,25?,26?,27?,28?/m1/s1. The number of hydrogen-bond acceptors (Lipinski definition) is 8. The highest BCUT2D eigenvalue weighted by molar-refractivity contribution is 8.00. The van der Waals surface area contributed by atoms with Crippen molar-refractivity contribution in [2.45, 2.75) is 36.1 Å². The Labute approximate surface area is 264 Å². The van der Waals surface area contributed by atoms with Crippen LogP contribution in [0.3, 0.4) is 0 Å². The fourth-order valence-electron chi connectivity index (χ4n) is 8.16. The molecule has 3 fully saturated rings. The molecule has 9 nitrogen and oxygen atoms in total. The van der Waals surface area contributed by atoms with Crippen LogP contribution in [0.4, 0.5) is 15.8 Å². The fraction of sp³-hybridized carbons (Fsp3) is 0.303. The summed E-state index contributed by atoms with van der Waals surface area (Å²) in [5, 5.41) is 12.6. The number of carbonyl (C=O) groups excluding carboxylic acids is 2. The molecule has 3 heterocycles. The third-order valence-corrected chi connectivity index (χ3v) is 12.6. The van der Waals surface area contributed by atoms with Crippen molar-refractivity contribution in [2.75, 3.05) is 4.90 Å². The molecular formula is C33H26FN3O6S2. The smallest absolute Gasteiger partial charge is 0.305 e. The van der Waals surface area contributed by atoms with Crippen LogP contribution in [0.5, 0.6) is 5.75 Å². The Hall–Kier alpha value is -4.29. The number of imide groups is 1. The van der Waals surface area contributed by atoms with Gasteiger partial charge in [-0.1, -0.05) is 35.6 Å². The first-order valence-electron chi connectivity index (χ1n) is 14.7. The summed E-state index contributed by atoms with van der Waals surface area (Å²) in [6, 6.07) is 17.8. The highest BCUT2D eigenvalue weighted by Crippen LogP contribution is 2.69. The van der Waals surface area contributed by atoms with Gasteiger partial charge in [-0.15, -0.1) is 11.8 Å². The summed E-state index contributed by atoms with van der Waals surface area (Å²) in [6.07, 6.45) is 0.663. The second-order valence-corrected chi connectivity index (χ2v) is 14.3. The zero-order valence-corrected chi connectivity index (χ0v) is 25.5. The van der Waals surface area contributed by atoms with E-state index in [1.165, 1.54) is 53.1 Å². The Kier molecular flexibility index (Phi) is 6.51. The Morgan fingerprint density at radius 3 is 2.49 bits per heavy atom. The number of fused-ring (bicyclic) bond motifs is 9. The molecule has 1 saturated heterocycles. The predicted octanol–water partition coefficient (Wildman–Crippen LogP) is 6.05. The second-order valence-electron chi connectivity index (χ2n) is 12.1. The van der Waals surface area contributed by atoms with E-state index in [0.717, 1.165) is 27.3 Å². The van der Waals surface area contributed by atoms with E-state index < -0.39 is 28.5 Å². The van der Waals surface area contributed by atoms with Gasteiger partial charge in [-0.05, 0) is 72.6 Å². The number of nitrogens with one attached hydrogen (secondary N) is 1. The zero-order valence-electron chi connectivity index (χ0n) is 23.8. The first-order chi connectivity index (χ1) is 21.7. The molecule has 2 aliphatic heterocycles. The lowest BCUT2D eigenvalue weighted by atomic mass is 9.68. The summed E-state index contributed by atoms with van der Waals surface area (Å²) >= 11 is 2.62. The van der Waals surface area contributed by atoms with Crippen LogP contribution in [0.1, 0.15) is 33.9 Å². The van der Waals surface area contributed by atoms with Gasteiger partial charge in [0.1, 0.15) is 18.2 Å². The highest BCUT2D eigenvalue weighted by Gasteiger charge is 2.70. The molecule has 7 atom stereocenters. The highest BCUT2D eigenvalue weighted by atomic mass is 32.2. The Morgan fingerprint density at radius 1 is 1.02 bits per heavy atom. The second kappa shape index (κ2) is 10.4. The average molecular weight is 644 g/mol. The van der Waals surface area contributed by atoms with Gasteiger partial charge in [0.25, 0.3) is 5.69 Å². The van der Waals surface area contributed by atoms with E-state index in [4.69, 9.17) is 4.74 Å². The molecule has 4 aliphatic rings. The number of hydrogen-bond donors (Lipinski definition) is 1. The molecule has 1 aromatic heterocycles. The molecule has 8 rings (SSSR count). The van der Waals surface area contributed by atoms with E-state index in [2.05, 4.69) is 4.98 Å². The van der Waals surface area contributed by atoms with Crippen molar-refractivity contribution in [1.29, 1.82) is 0 Å². The molecule has 0 radical (unpaired) electrons. The molecule has 3 aromatic carbocycles. The number of carbonyl (C=O) groups is 2. The number of aromatic amines is 1. The van der Waals surface area contributed by atoms with Crippen LogP contribution < -0.4 is 14.5 Å². The monoisotopic (exact) mass is 643 g/mol. The van der Waals surface area contributed by atoms with Crippen molar-refractivity contribution in [1.82, 2.24) is 4.98 Å². The normalized spacial score (nSPS) is 27.8. The number of aryl methyl sites for hydroxylation is 1. The minimum Gasteiger partial charge on any atom is -0.489 e. The summed E-state index contributed by atoms with van der Waals surface area (Å²) in [7, 11) is 0. The van der Waals surface area contributed by atoms with E-state index >= 15 is 0 Å². The number of nitro benzene ring substituents is 1. The number of halogens is 1. The maximum absolute atomic E-state index is 14.0. The SMILES string of the molecule is Cc1ccccc1COc1ccc([N+](=O)[O-])cc1[C@H]1c2sc(=O)[nH]c2SC2C3CC(C4C(=O)N(c5ccc(F)cc5)C(=O)C34)C21. The van der Waals surface area contributed by atoms with Crippen molar-refractivity contribution in [3.8, 4) is 5.75 Å². The first-order valence-corrected chi connectivity index (χ1v) is 16.4. The molecule has 2 bridgehead atoms. The van der Waals surface area contributed by atoms with Crippen molar-refractivity contribution in [2.24, 2.45) is 29.6 Å². The van der Waals surface area contributed by atoms with E-state index in [1.807, 2.05) is 31.2 Å². The number of nitrogens with zero attached hydrogens (tertiary/aromatic N) is 2. The number of anilines is 1. The number of thioether (sulfide) groups is 1. The van der Waals surface area contributed by atoms with Crippen LogP contribution in [0, 0.1) is 52.4 Å². The third kappa shape index (κ3) is 4.29. The zero-order chi connectivity index (χ0) is 31.1. The number of H-pyrrole nitrogens is 1. The third-order valence-electron chi connectivity index (χ3n) is 9.99. The number of nitro groups is 1. The average Bonchev–Trinajstić information content (AvgIpc) is 3.76. The minimum absolute atomic E-state index is 0.0944. The molecule has 2 aliphatic carbocycles. The van der Waals surface area contributed by atoms with E-state index in [0.29, 0.717) is 28.4 Å². The number of amides is 2. The van der Waals surface area contributed by atoms with Crippen molar-refractivity contribution in [3.05, 3.63) is 114 Å². The lowest BCUT2D eigenvalue weighted by molar-refractivity contribution is -0.385. The van der Waals surface area contributed by atoms with Gasteiger partial charge in [0.05, 0.1) is 27.5 Å². The summed E-state index contributed by atoms with van der Waals surface area (Å²) in [5.41, 5.74) is 2.88. The molecule has 2 amide bonds. The van der Waals surface area contributed by atoms with Crippen LogP contribution in [0.25, 0.3) is 0 Å². The molecule has 0 spiro atoms. The molecule has 6 unspecified atom stereocenters. The summed E-state index contributed by atoms with van der Waals surface area (Å²) in [5.74, 6) is -2.60. The predicted molar refractivity (Wildman–Crippen MR) is 166 cm³/mol. The lowest BCUT2D eigenvalue weighted by Crippen LogP contribution is -2.42. The molecule has 12 heteroatoms. The molecule has 2 saturated carbocycles. The van der Waals surface area contributed by atoms with Crippen molar-refractivity contribution >= 4 is 46.3 Å². The minimum atomic E-state index is -0.566. The Bertz CT molecular complexity index is 1960. The van der Waals surface area contributed by atoms with Crippen LogP contribution in [0.15, 0.2) is 76.6 Å². The number of aromatic nitrogens is 1. The van der Waals surface area contributed by atoms with Gasteiger partial charge in [0, 0.05) is 33.7 Å². The number of rotatable bonds is 6. The summed E-state index contributed by atoms with van der Waals surface area (Å²) in [4.78, 5) is 56.8. The fourth-order valence-corrected chi connectivity index (χ4v) is 11.0. The van der Waals surface area contributed by atoms with Crippen LogP contribution >= 0.6 is 23.1 Å². The van der Waals surface area contributed by atoms with Crippen LogP contribution in [0.2, 0.25) is 0 Å². The largest absolute Gasteiger partial charge is 0.489 e. The van der Waals surface area contributed by atoms with E-state index in [1.54, 1.807) is 6.07 Å². The summed E-state index contributed by atoms with van der Waals surface area (Å²) < 4.78 is 20.1. The number of non-ortho nitro benzene ring substituents is 1. The van der Waals surface area contributed by atoms with Crippen LogP contribution in [-0.4, -0.2) is 27.0 Å². The first kappa shape index (κ1) is 28.2. The maximum Gasteiger partial charge on any atom is 0.305 e. The maximum atomic E-state index is 14.0. The lowest BCUT2D eigenvalue weighted by Gasteiger charge is -2.43. The quantitative estimate of drug-likeness (QED) is 0.154. The molecule has 228 valence electrons. The number of thiazole rings is 1. The van der Waals surface area contributed by atoms with Gasteiger partial charge in [-0.2, -0.15) is 0 Å². The van der Waals surface area contributed by atoms with Gasteiger partial charge in [-0.3, -0.25) is 29.4 Å². The summed E-state index contributed by atoms with van der Waals surface area (Å²) in [6.45, 7) is 2.24. The Balaban J connectivity index is 1.23. The molecule has 1 N–H and O–H groups in total. The van der Waals surface area contributed by atoms with Crippen LogP contribution in [-0.2, 0) is 16.2 Å². The number of benzene rings is 3. The van der Waals surface area contributed by atoms with Gasteiger partial charge < -0.3 is 9.72 Å². The Morgan fingerprint density at radius 2 is 1.76 bits per heavy atom. The van der Waals surface area contributed by atoms with Crippen molar-refractivity contribution < 1.29 is 23.6 Å². The van der Waals surface area contributed by atoms with E-state index in [-0.39, 0.29) is 52.0 Å². The topological polar surface area (TPSA) is 123 Å². The van der Waals surface area contributed by atoms with Gasteiger partial charge >= 0.3 is 4.87 Å². The molecule has 4 aromatic rings. The molecule has 45 heavy (non-hydrogen) atoms. The van der Waals surface area contributed by atoms with Gasteiger partial charge in [-0.25, -0.2) is 4.39 Å². The van der Waals surface area contributed by atoms with Gasteiger partial charge in [0.2, 0.25) is 11.8 Å². The number of ether oxygens (including phenoxy) is 1. The van der Waals surface area contributed by atoms with E-state index in [9.17, 15) is 28.9 Å². The van der Waals surface area contributed by atoms with Crippen molar-refractivity contribution in [3.63, 3.8) is 0 Å². The molecular weight excluding hydrogens is 618 g/mol.